The van der Waals surface area contributed by atoms with Crippen LogP contribution < -0.4 is 5.32 Å². The lowest BCUT2D eigenvalue weighted by Crippen LogP contribution is -2.72. The van der Waals surface area contributed by atoms with Crippen molar-refractivity contribution in [3.63, 3.8) is 0 Å². The van der Waals surface area contributed by atoms with Crippen molar-refractivity contribution in [2.75, 3.05) is 31.6 Å². The highest BCUT2D eigenvalue weighted by Crippen LogP contribution is 2.46. The van der Waals surface area contributed by atoms with Crippen molar-refractivity contribution < 1.29 is 14.2 Å². The highest BCUT2D eigenvalue weighted by atomic mass is 19.1. The van der Waals surface area contributed by atoms with Crippen LogP contribution in [0.4, 0.5) is 10.1 Å². The van der Waals surface area contributed by atoms with Gasteiger partial charge in [-0.05, 0) is 69.5 Å². The van der Waals surface area contributed by atoms with Crippen molar-refractivity contribution >= 4 is 5.69 Å². The van der Waals surface area contributed by atoms with Gasteiger partial charge in [0.15, 0.2) is 0 Å². The Kier molecular flexibility index (Phi) is 5.66. The largest absolute Gasteiger partial charge is 0.385 e. The van der Waals surface area contributed by atoms with Gasteiger partial charge in [0.05, 0.1) is 11.6 Å². The molecule has 1 aromatic rings. The standard InChI is InChI=1S/C20H31FN2O2/c1-3-23(4-2)15-19(22-17-10-8-16(21)9-11-17)12-5-7-18-20(19,24)13-6-14-25-18/h8-11,18,22,24H,3-7,12-15H2,1-2H3/t18-,19-,20-/m1/s1. The third-order valence-corrected chi connectivity index (χ3v) is 6.07. The average molecular weight is 350 g/mol. The summed E-state index contributed by atoms with van der Waals surface area (Å²) in [5.41, 5.74) is -0.533. The minimum absolute atomic E-state index is 0.126. The lowest BCUT2D eigenvalue weighted by Gasteiger charge is -2.57. The van der Waals surface area contributed by atoms with Crippen LogP contribution in [0.2, 0.25) is 0 Å². The second kappa shape index (κ2) is 7.60. The summed E-state index contributed by atoms with van der Waals surface area (Å²) in [6.45, 7) is 7.65. The molecule has 2 fully saturated rings. The first-order chi connectivity index (χ1) is 12.0. The highest BCUT2D eigenvalue weighted by molar-refractivity contribution is 5.47. The molecule has 2 aliphatic rings. The number of ether oxygens (including phenoxy) is 1. The summed E-state index contributed by atoms with van der Waals surface area (Å²) in [5, 5.41) is 15.4. The lowest BCUT2D eigenvalue weighted by atomic mass is 9.64. The van der Waals surface area contributed by atoms with Crippen molar-refractivity contribution in [1.29, 1.82) is 0 Å². The van der Waals surface area contributed by atoms with Crippen LogP contribution in [-0.2, 0) is 4.74 Å². The summed E-state index contributed by atoms with van der Waals surface area (Å²) in [6, 6.07) is 6.45. The number of benzene rings is 1. The Balaban J connectivity index is 1.96. The first-order valence-corrected chi connectivity index (χ1v) is 9.63. The van der Waals surface area contributed by atoms with Gasteiger partial charge in [0, 0.05) is 18.8 Å². The SMILES string of the molecule is CCN(CC)C[C@]1(Nc2ccc(F)cc2)CCC[C@H]2OCCC[C@@]21O. The van der Waals surface area contributed by atoms with E-state index in [0.29, 0.717) is 0 Å². The van der Waals surface area contributed by atoms with Gasteiger partial charge in [0.2, 0.25) is 0 Å². The van der Waals surface area contributed by atoms with E-state index in [1.807, 2.05) is 0 Å². The summed E-state index contributed by atoms with van der Waals surface area (Å²) in [6.07, 6.45) is 4.30. The molecule has 5 heteroatoms. The minimum Gasteiger partial charge on any atom is -0.385 e. The summed E-state index contributed by atoms with van der Waals surface area (Å²) in [7, 11) is 0. The van der Waals surface area contributed by atoms with Gasteiger partial charge in [-0.2, -0.15) is 0 Å². The Morgan fingerprint density at radius 2 is 1.92 bits per heavy atom. The van der Waals surface area contributed by atoms with Gasteiger partial charge in [0.25, 0.3) is 0 Å². The van der Waals surface area contributed by atoms with Crippen LogP contribution >= 0.6 is 0 Å². The molecule has 0 unspecified atom stereocenters. The summed E-state index contributed by atoms with van der Waals surface area (Å²) >= 11 is 0. The Labute approximate surface area is 150 Å². The molecule has 1 saturated heterocycles. The number of rotatable bonds is 6. The number of nitrogens with one attached hydrogen (secondary N) is 1. The fourth-order valence-electron chi connectivity index (χ4n) is 4.61. The Morgan fingerprint density at radius 1 is 1.20 bits per heavy atom. The number of halogens is 1. The van der Waals surface area contributed by atoms with E-state index >= 15 is 0 Å². The molecule has 25 heavy (non-hydrogen) atoms. The molecule has 1 heterocycles. The molecule has 140 valence electrons. The molecule has 3 atom stereocenters. The fourth-order valence-corrected chi connectivity index (χ4v) is 4.61. The highest BCUT2D eigenvalue weighted by Gasteiger charge is 2.58. The second-order valence-electron chi connectivity index (χ2n) is 7.45. The Bertz CT molecular complexity index is 561. The smallest absolute Gasteiger partial charge is 0.123 e. The first-order valence-electron chi connectivity index (χ1n) is 9.63. The van der Waals surface area contributed by atoms with Crippen LogP contribution in [0, 0.1) is 5.82 Å². The van der Waals surface area contributed by atoms with Crippen LogP contribution in [0.3, 0.4) is 0 Å². The number of nitrogens with zero attached hydrogens (tertiary/aromatic N) is 1. The maximum atomic E-state index is 13.3. The number of fused-ring (bicyclic) bond motifs is 1. The predicted octanol–water partition coefficient (Wildman–Crippen LogP) is 3.41. The summed E-state index contributed by atoms with van der Waals surface area (Å²) < 4.78 is 19.3. The third kappa shape index (κ3) is 3.55. The lowest BCUT2D eigenvalue weighted by molar-refractivity contribution is -0.196. The number of anilines is 1. The Hall–Kier alpha value is -1.17. The molecule has 0 bridgehead atoms. The van der Waals surface area contributed by atoms with E-state index in [2.05, 4.69) is 24.1 Å². The molecule has 0 aromatic heterocycles. The molecule has 1 saturated carbocycles. The second-order valence-corrected chi connectivity index (χ2v) is 7.45. The fraction of sp³-hybridized carbons (Fsp3) is 0.700. The zero-order valence-electron chi connectivity index (χ0n) is 15.4. The number of hydrogen-bond acceptors (Lipinski definition) is 4. The Morgan fingerprint density at radius 3 is 2.60 bits per heavy atom. The molecule has 1 aromatic carbocycles. The molecule has 0 spiro atoms. The average Bonchev–Trinajstić information content (AvgIpc) is 2.62. The first kappa shape index (κ1) is 18.6. The van der Waals surface area contributed by atoms with Crippen molar-refractivity contribution in [2.24, 2.45) is 0 Å². The number of aliphatic hydroxyl groups is 1. The monoisotopic (exact) mass is 350 g/mol. The van der Waals surface area contributed by atoms with Gasteiger partial charge in [0.1, 0.15) is 11.4 Å². The van der Waals surface area contributed by atoms with Crippen molar-refractivity contribution in [3.8, 4) is 0 Å². The molecule has 1 aliphatic heterocycles. The molecule has 2 N–H and O–H groups in total. The van der Waals surface area contributed by atoms with E-state index in [1.54, 1.807) is 12.1 Å². The van der Waals surface area contributed by atoms with Gasteiger partial charge < -0.3 is 20.1 Å². The predicted molar refractivity (Wildman–Crippen MR) is 98.3 cm³/mol. The zero-order valence-corrected chi connectivity index (χ0v) is 15.4. The van der Waals surface area contributed by atoms with Crippen molar-refractivity contribution in [2.45, 2.75) is 63.2 Å². The summed E-state index contributed by atoms with van der Waals surface area (Å²) in [5.74, 6) is -0.246. The number of hydrogen-bond donors (Lipinski definition) is 2. The maximum absolute atomic E-state index is 13.3. The maximum Gasteiger partial charge on any atom is 0.123 e. The van der Waals surface area contributed by atoms with E-state index in [4.69, 9.17) is 4.74 Å². The van der Waals surface area contributed by atoms with Crippen LogP contribution in [0.1, 0.15) is 46.0 Å². The topological polar surface area (TPSA) is 44.7 Å². The van der Waals surface area contributed by atoms with Crippen LogP contribution in [0.15, 0.2) is 24.3 Å². The van der Waals surface area contributed by atoms with E-state index in [-0.39, 0.29) is 11.9 Å². The molecule has 4 nitrogen and oxygen atoms in total. The third-order valence-electron chi connectivity index (χ3n) is 6.07. The van der Waals surface area contributed by atoms with E-state index in [9.17, 15) is 9.50 Å². The quantitative estimate of drug-likeness (QED) is 0.825. The number of likely N-dealkylation sites (N-methyl/N-ethyl adjacent to an activating group) is 1. The van der Waals surface area contributed by atoms with Crippen LogP contribution in [0.25, 0.3) is 0 Å². The summed E-state index contributed by atoms with van der Waals surface area (Å²) in [4.78, 5) is 2.35. The minimum atomic E-state index is -0.902. The van der Waals surface area contributed by atoms with Gasteiger partial charge in [-0.25, -0.2) is 4.39 Å². The molecule has 3 rings (SSSR count). The van der Waals surface area contributed by atoms with E-state index in [0.717, 1.165) is 64.0 Å². The van der Waals surface area contributed by atoms with Crippen molar-refractivity contribution in [3.05, 3.63) is 30.1 Å². The molecular formula is C20H31FN2O2. The zero-order chi connectivity index (χ0) is 17.9. The van der Waals surface area contributed by atoms with Crippen molar-refractivity contribution in [1.82, 2.24) is 4.90 Å². The van der Waals surface area contributed by atoms with Gasteiger partial charge >= 0.3 is 0 Å². The molecule has 0 amide bonds. The van der Waals surface area contributed by atoms with Gasteiger partial charge in [-0.15, -0.1) is 0 Å². The van der Waals surface area contributed by atoms with Crippen LogP contribution in [0.5, 0.6) is 0 Å². The van der Waals surface area contributed by atoms with E-state index in [1.165, 1.54) is 12.1 Å². The van der Waals surface area contributed by atoms with Crippen LogP contribution in [-0.4, -0.2) is 53.5 Å². The van der Waals surface area contributed by atoms with E-state index < -0.39 is 11.1 Å². The van der Waals surface area contributed by atoms with Gasteiger partial charge in [-0.1, -0.05) is 13.8 Å². The molecule has 0 radical (unpaired) electrons. The normalized spacial score (nSPS) is 32.4. The molecular weight excluding hydrogens is 319 g/mol. The molecule has 1 aliphatic carbocycles. The van der Waals surface area contributed by atoms with Gasteiger partial charge in [-0.3, -0.25) is 0 Å².